The standard InChI is InChI=1S/C22H25FN4O.HI/c1-3-24-22(27-15-21(28-2)16-8-10-18(23)11-9-16)26-14-17-12-13-25-20-7-5-4-6-19(17)20;/h4-13,21H,3,14-15H2,1-2H3,(H2,24,26,27);1H. The Kier molecular flexibility index (Phi) is 9.27. The van der Waals surface area contributed by atoms with E-state index in [1.165, 1.54) is 12.1 Å². The molecule has 7 heteroatoms. The molecular formula is C22H26FIN4O. The van der Waals surface area contributed by atoms with Gasteiger partial charge in [0.1, 0.15) is 5.82 Å². The molecule has 1 atom stereocenters. The predicted octanol–water partition coefficient (Wildman–Crippen LogP) is 4.43. The summed E-state index contributed by atoms with van der Waals surface area (Å²) < 4.78 is 18.7. The highest BCUT2D eigenvalue weighted by Gasteiger charge is 2.11. The number of pyridine rings is 1. The molecule has 0 aliphatic carbocycles. The number of halogens is 2. The molecule has 3 rings (SSSR count). The third-order valence-electron chi connectivity index (χ3n) is 4.47. The van der Waals surface area contributed by atoms with Crippen LogP contribution in [-0.2, 0) is 11.3 Å². The summed E-state index contributed by atoms with van der Waals surface area (Å²) >= 11 is 0. The Hall–Kier alpha value is -2.26. The molecular weight excluding hydrogens is 482 g/mol. The Morgan fingerprint density at radius 1 is 1.10 bits per heavy atom. The average molecular weight is 508 g/mol. The van der Waals surface area contributed by atoms with Crippen LogP contribution in [0.1, 0.15) is 24.2 Å². The van der Waals surface area contributed by atoms with Crippen molar-refractivity contribution in [1.82, 2.24) is 15.6 Å². The Morgan fingerprint density at radius 3 is 2.59 bits per heavy atom. The van der Waals surface area contributed by atoms with Crippen LogP contribution in [0.5, 0.6) is 0 Å². The highest BCUT2D eigenvalue weighted by molar-refractivity contribution is 14.0. The third-order valence-corrected chi connectivity index (χ3v) is 4.47. The van der Waals surface area contributed by atoms with E-state index in [0.29, 0.717) is 19.0 Å². The summed E-state index contributed by atoms with van der Waals surface area (Å²) in [7, 11) is 1.64. The van der Waals surface area contributed by atoms with Gasteiger partial charge in [0.2, 0.25) is 0 Å². The second kappa shape index (κ2) is 11.7. The molecule has 2 N–H and O–H groups in total. The van der Waals surface area contributed by atoms with E-state index in [9.17, 15) is 4.39 Å². The van der Waals surface area contributed by atoms with E-state index in [1.807, 2.05) is 37.4 Å². The fraction of sp³-hybridized carbons (Fsp3) is 0.273. The molecule has 0 fully saturated rings. The maximum Gasteiger partial charge on any atom is 0.191 e. The molecule has 3 aromatic rings. The van der Waals surface area contributed by atoms with Gasteiger partial charge in [0.15, 0.2) is 5.96 Å². The van der Waals surface area contributed by atoms with Crippen LogP contribution in [0, 0.1) is 5.82 Å². The lowest BCUT2D eigenvalue weighted by Crippen LogP contribution is -2.39. The molecule has 0 amide bonds. The highest BCUT2D eigenvalue weighted by Crippen LogP contribution is 2.18. The lowest BCUT2D eigenvalue weighted by molar-refractivity contribution is 0.106. The molecule has 5 nitrogen and oxygen atoms in total. The lowest BCUT2D eigenvalue weighted by Gasteiger charge is -2.19. The Bertz CT molecular complexity index is 928. The first-order valence-corrected chi connectivity index (χ1v) is 9.34. The lowest BCUT2D eigenvalue weighted by atomic mass is 10.1. The maximum absolute atomic E-state index is 13.2. The summed E-state index contributed by atoms with van der Waals surface area (Å²) in [5.41, 5.74) is 2.99. The zero-order chi connectivity index (χ0) is 19.8. The third kappa shape index (κ3) is 6.37. The number of guanidine groups is 1. The van der Waals surface area contributed by atoms with Crippen molar-refractivity contribution in [2.75, 3.05) is 20.2 Å². The number of hydrogen-bond acceptors (Lipinski definition) is 3. The van der Waals surface area contributed by atoms with E-state index in [-0.39, 0.29) is 35.9 Å². The Labute approximate surface area is 187 Å². The highest BCUT2D eigenvalue weighted by atomic mass is 127. The number of nitrogens with one attached hydrogen (secondary N) is 2. The molecule has 0 aliphatic rings. The normalized spacial score (nSPS) is 12.3. The number of fused-ring (bicyclic) bond motifs is 1. The monoisotopic (exact) mass is 508 g/mol. The van der Waals surface area contributed by atoms with Gasteiger partial charge >= 0.3 is 0 Å². The van der Waals surface area contributed by atoms with Crippen molar-refractivity contribution in [2.45, 2.75) is 19.6 Å². The molecule has 0 radical (unpaired) electrons. The van der Waals surface area contributed by atoms with Crippen LogP contribution in [0.25, 0.3) is 10.9 Å². The van der Waals surface area contributed by atoms with E-state index in [0.717, 1.165) is 28.6 Å². The van der Waals surface area contributed by atoms with Crippen molar-refractivity contribution < 1.29 is 9.13 Å². The first-order chi connectivity index (χ1) is 13.7. The van der Waals surface area contributed by atoms with Crippen molar-refractivity contribution in [3.05, 3.63) is 77.7 Å². The quantitative estimate of drug-likeness (QED) is 0.282. The topological polar surface area (TPSA) is 58.5 Å². The van der Waals surface area contributed by atoms with E-state index in [2.05, 4.69) is 21.7 Å². The average Bonchev–Trinajstić information content (AvgIpc) is 2.73. The second-order valence-electron chi connectivity index (χ2n) is 6.34. The second-order valence-corrected chi connectivity index (χ2v) is 6.34. The molecule has 1 aromatic heterocycles. The number of aliphatic imine (C=N–C) groups is 1. The van der Waals surface area contributed by atoms with Crippen molar-refractivity contribution in [1.29, 1.82) is 0 Å². The summed E-state index contributed by atoms with van der Waals surface area (Å²) in [5.74, 6) is 0.443. The molecule has 154 valence electrons. The van der Waals surface area contributed by atoms with Crippen LogP contribution in [0.15, 0.2) is 65.8 Å². The Balaban J connectivity index is 0.00000300. The van der Waals surface area contributed by atoms with Gasteiger partial charge in [0.25, 0.3) is 0 Å². The largest absolute Gasteiger partial charge is 0.375 e. The molecule has 0 saturated heterocycles. The van der Waals surface area contributed by atoms with Crippen LogP contribution < -0.4 is 10.6 Å². The molecule has 2 aromatic carbocycles. The number of benzene rings is 2. The van der Waals surface area contributed by atoms with Crippen LogP contribution in [-0.4, -0.2) is 31.1 Å². The van der Waals surface area contributed by atoms with Crippen LogP contribution >= 0.6 is 24.0 Å². The molecule has 0 saturated carbocycles. The van der Waals surface area contributed by atoms with Gasteiger partial charge in [0.05, 0.1) is 18.2 Å². The van der Waals surface area contributed by atoms with Crippen molar-refractivity contribution in [2.24, 2.45) is 4.99 Å². The SMILES string of the molecule is CCNC(=NCc1ccnc2ccccc12)NCC(OC)c1ccc(F)cc1.I. The molecule has 1 unspecified atom stereocenters. The number of aromatic nitrogens is 1. The predicted molar refractivity (Wildman–Crippen MR) is 126 cm³/mol. The fourth-order valence-corrected chi connectivity index (χ4v) is 3.00. The van der Waals surface area contributed by atoms with Gasteiger partial charge in [-0.05, 0) is 42.3 Å². The van der Waals surface area contributed by atoms with Gasteiger partial charge in [-0.1, -0.05) is 30.3 Å². The first-order valence-electron chi connectivity index (χ1n) is 9.34. The number of nitrogens with zero attached hydrogens (tertiary/aromatic N) is 2. The summed E-state index contributed by atoms with van der Waals surface area (Å²) in [6.45, 7) is 3.82. The van der Waals surface area contributed by atoms with Crippen molar-refractivity contribution >= 4 is 40.8 Å². The zero-order valence-corrected chi connectivity index (χ0v) is 18.9. The van der Waals surface area contributed by atoms with Crippen molar-refractivity contribution in [3.63, 3.8) is 0 Å². The van der Waals surface area contributed by atoms with Gasteiger partial charge in [-0.15, -0.1) is 24.0 Å². The summed E-state index contributed by atoms with van der Waals surface area (Å²) in [4.78, 5) is 9.09. The number of hydrogen-bond donors (Lipinski definition) is 2. The minimum absolute atomic E-state index is 0. The first kappa shape index (κ1) is 23.0. The van der Waals surface area contributed by atoms with Crippen LogP contribution in [0.2, 0.25) is 0 Å². The zero-order valence-electron chi connectivity index (χ0n) is 16.6. The minimum atomic E-state index is -0.258. The number of para-hydroxylation sites is 1. The minimum Gasteiger partial charge on any atom is -0.375 e. The number of ether oxygens (including phenoxy) is 1. The van der Waals surface area contributed by atoms with Gasteiger partial charge < -0.3 is 15.4 Å². The maximum atomic E-state index is 13.2. The molecule has 1 heterocycles. The van der Waals surface area contributed by atoms with Gasteiger partial charge in [-0.25, -0.2) is 9.38 Å². The number of rotatable bonds is 7. The van der Waals surface area contributed by atoms with Crippen LogP contribution in [0.4, 0.5) is 4.39 Å². The molecule has 0 spiro atoms. The summed E-state index contributed by atoms with van der Waals surface area (Å²) in [6.07, 6.45) is 1.61. The van der Waals surface area contributed by atoms with Crippen molar-refractivity contribution in [3.8, 4) is 0 Å². The Morgan fingerprint density at radius 2 is 1.86 bits per heavy atom. The van der Waals surface area contributed by atoms with E-state index < -0.39 is 0 Å². The molecule has 0 aliphatic heterocycles. The smallest absolute Gasteiger partial charge is 0.191 e. The fourth-order valence-electron chi connectivity index (χ4n) is 3.00. The number of methoxy groups -OCH3 is 1. The van der Waals surface area contributed by atoms with Gasteiger partial charge in [-0.3, -0.25) is 4.98 Å². The van der Waals surface area contributed by atoms with Gasteiger partial charge in [0, 0.05) is 31.8 Å². The summed E-state index contributed by atoms with van der Waals surface area (Å²) in [6, 6.07) is 16.4. The molecule has 29 heavy (non-hydrogen) atoms. The van der Waals surface area contributed by atoms with E-state index in [1.54, 1.807) is 19.2 Å². The molecule has 0 bridgehead atoms. The van der Waals surface area contributed by atoms with E-state index >= 15 is 0 Å². The van der Waals surface area contributed by atoms with E-state index in [4.69, 9.17) is 9.73 Å². The van der Waals surface area contributed by atoms with Gasteiger partial charge in [-0.2, -0.15) is 0 Å². The summed E-state index contributed by atoms with van der Waals surface area (Å²) in [5, 5.41) is 7.66. The van der Waals surface area contributed by atoms with Crippen LogP contribution in [0.3, 0.4) is 0 Å².